The zero-order valence-corrected chi connectivity index (χ0v) is 18.4. The van der Waals surface area contributed by atoms with Crippen molar-refractivity contribution in [2.45, 2.75) is 44.0 Å². The standard InChI is InChI=1S/C24H24F3NO2S/c1-16-19(12-22(30-16)18-6-8-20(9-7-18)24(25,26)27)13-28-21-10-4-17(5-11-21)14-31-23(2,3)15-29/h4-12,15,28H,13-14H2,1-3H3. The number of aryl methyl sites for hydroxylation is 1. The average molecular weight is 448 g/mol. The summed E-state index contributed by atoms with van der Waals surface area (Å²) >= 11 is 1.59. The minimum Gasteiger partial charge on any atom is -0.461 e. The van der Waals surface area contributed by atoms with Crippen LogP contribution < -0.4 is 5.32 Å². The molecular formula is C24H24F3NO2S. The zero-order chi connectivity index (χ0) is 22.6. The Hall–Kier alpha value is -2.67. The molecule has 0 aliphatic rings. The summed E-state index contributed by atoms with van der Waals surface area (Å²) in [6, 6.07) is 14.8. The summed E-state index contributed by atoms with van der Waals surface area (Å²) < 4.78 is 43.6. The van der Waals surface area contributed by atoms with Crippen molar-refractivity contribution in [3.8, 4) is 11.3 Å². The van der Waals surface area contributed by atoms with Gasteiger partial charge in [-0.3, -0.25) is 0 Å². The van der Waals surface area contributed by atoms with Crippen LogP contribution in [0.3, 0.4) is 0 Å². The Bertz CT molecular complexity index is 1020. The molecule has 0 aliphatic heterocycles. The Morgan fingerprint density at radius 1 is 1.03 bits per heavy atom. The van der Waals surface area contributed by atoms with Gasteiger partial charge in [0.05, 0.1) is 10.3 Å². The molecule has 0 fully saturated rings. The van der Waals surface area contributed by atoms with Crippen molar-refractivity contribution in [2.24, 2.45) is 0 Å². The second kappa shape index (κ2) is 9.22. The topological polar surface area (TPSA) is 42.2 Å². The molecule has 3 aromatic rings. The van der Waals surface area contributed by atoms with E-state index in [1.165, 1.54) is 12.1 Å². The minimum atomic E-state index is -4.36. The molecule has 0 amide bonds. The maximum atomic E-state index is 12.7. The van der Waals surface area contributed by atoms with Gasteiger partial charge in [-0.1, -0.05) is 24.3 Å². The lowest BCUT2D eigenvalue weighted by molar-refractivity contribution is -0.137. The van der Waals surface area contributed by atoms with Crippen LogP contribution >= 0.6 is 11.8 Å². The number of hydrogen-bond acceptors (Lipinski definition) is 4. The van der Waals surface area contributed by atoms with Gasteiger partial charge in [-0.05, 0) is 56.7 Å². The number of aldehydes is 1. The smallest absolute Gasteiger partial charge is 0.416 e. The number of benzene rings is 2. The van der Waals surface area contributed by atoms with E-state index in [1.807, 2.05) is 51.1 Å². The Labute approximate surface area is 184 Å². The van der Waals surface area contributed by atoms with Crippen molar-refractivity contribution in [3.63, 3.8) is 0 Å². The van der Waals surface area contributed by atoms with E-state index < -0.39 is 16.5 Å². The summed E-state index contributed by atoms with van der Waals surface area (Å²) in [6.45, 7) is 6.15. The normalized spacial score (nSPS) is 12.1. The molecule has 0 aliphatic carbocycles. The van der Waals surface area contributed by atoms with E-state index in [2.05, 4.69) is 5.32 Å². The van der Waals surface area contributed by atoms with Crippen molar-refractivity contribution in [1.29, 1.82) is 0 Å². The second-order valence-corrected chi connectivity index (χ2v) is 9.46. The molecule has 164 valence electrons. The van der Waals surface area contributed by atoms with Gasteiger partial charge in [0.25, 0.3) is 0 Å². The van der Waals surface area contributed by atoms with Gasteiger partial charge in [0.1, 0.15) is 17.8 Å². The summed E-state index contributed by atoms with van der Waals surface area (Å²) in [5.41, 5.74) is 2.93. The third-order valence-corrected chi connectivity index (χ3v) is 6.17. The Morgan fingerprint density at radius 2 is 1.68 bits per heavy atom. The molecule has 1 N–H and O–H groups in total. The van der Waals surface area contributed by atoms with Crippen LogP contribution in [0.25, 0.3) is 11.3 Å². The highest BCUT2D eigenvalue weighted by atomic mass is 32.2. The summed E-state index contributed by atoms with van der Waals surface area (Å²) in [5.74, 6) is 2.00. The lowest BCUT2D eigenvalue weighted by Crippen LogP contribution is -2.16. The number of furan rings is 1. The van der Waals surface area contributed by atoms with Crippen LogP contribution in [-0.2, 0) is 23.3 Å². The number of nitrogens with one attached hydrogen (secondary N) is 1. The van der Waals surface area contributed by atoms with Crippen molar-refractivity contribution in [2.75, 3.05) is 5.32 Å². The van der Waals surface area contributed by atoms with Crippen LogP contribution in [0.15, 0.2) is 59.0 Å². The molecule has 31 heavy (non-hydrogen) atoms. The van der Waals surface area contributed by atoms with Crippen molar-refractivity contribution in [1.82, 2.24) is 0 Å². The van der Waals surface area contributed by atoms with E-state index in [9.17, 15) is 18.0 Å². The average Bonchev–Trinajstić information content (AvgIpc) is 3.11. The van der Waals surface area contributed by atoms with E-state index in [0.717, 1.165) is 41.0 Å². The van der Waals surface area contributed by atoms with Gasteiger partial charge in [-0.15, -0.1) is 11.8 Å². The molecule has 0 saturated carbocycles. The van der Waals surface area contributed by atoms with Crippen LogP contribution in [0.2, 0.25) is 0 Å². The van der Waals surface area contributed by atoms with Crippen molar-refractivity contribution >= 4 is 23.7 Å². The quantitative estimate of drug-likeness (QED) is 0.374. The molecule has 0 unspecified atom stereocenters. The van der Waals surface area contributed by atoms with Gasteiger partial charge >= 0.3 is 6.18 Å². The van der Waals surface area contributed by atoms with Gasteiger partial charge in [0.2, 0.25) is 0 Å². The number of thioether (sulfide) groups is 1. The van der Waals surface area contributed by atoms with Gasteiger partial charge in [0, 0.05) is 29.1 Å². The number of rotatable bonds is 8. The predicted molar refractivity (Wildman–Crippen MR) is 119 cm³/mol. The fourth-order valence-corrected chi connectivity index (χ4v) is 3.68. The monoisotopic (exact) mass is 447 g/mol. The molecule has 0 atom stereocenters. The summed E-state index contributed by atoms with van der Waals surface area (Å²) in [4.78, 5) is 11.0. The number of hydrogen-bond donors (Lipinski definition) is 1. The lowest BCUT2D eigenvalue weighted by Gasteiger charge is -2.16. The number of alkyl halides is 3. The molecule has 2 aromatic carbocycles. The molecular weight excluding hydrogens is 423 g/mol. The van der Waals surface area contributed by atoms with Crippen LogP contribution in [0.5, 0.6) is 0 Å². The number of carbonyl (C=O) groups excluding carboxylic acids is 1. The van der Waals surface area contributed by atoms with Crippen molar-refractivity contribution < 1.29 is 22.4 Å². The minimum absolute atomic E-state index is 0.402. The van der Waals surface area contributed by atoms with Crippen LogP contribution in [0.4, 0.5) is 18.9 Å². The van der Waals surface area contributed by atoms with Crippen LogP contribution in [0, 0.1) is 6.92 Å². The summed E-state index contributed by atoms with van der Waals surface area (Å²) in [5, 5.41) is 3.33. The van der Waals surface area contributed by atoms with E-state index >= 15 is 0 Å². The van der Waals surface area contributed by atoms with E-state index in [4.69, 9.17) is 4.42 Å². The number of halogens is 3. The molecule has 0 spiro atoms. The fourth-order valence-electron chi connectivity index (χ4n) is 2.88. The second-order valence-electron chi connectivity index (χ2n) is 7.83. The van der Waals surface area contributed by atoms with Crippen LogP contribution in [0.1, 0.15) is 36.3 Å². The summed E-state index contributed by atoms with van der Waals surface area (Å²) in [7, 11) is 0. The first-order valence-electron chi connectivity index (χ1n) is 9.77. The van der Waals surface area contributed by atoms with Crippen LogP contribution in [-0.4, -0.2) is 11.0 Å². The first kappa shape index (κ1) is 23.0. The van der Waals surface area contributed by atoms with Crippen molar-refractivity contribution in [3.05, 3.63) is 77.0 Å². The molecule has 0 saturated heterocycles. The fraction of sp³-hybridized carbons (Fsp3) is 0.292. The maximum Gasteiger partial charge on any atom is 0.416 e. The largest absolute Gasteiger partial charge is 0.461 e. The highest BCUT2D eigenvalue weighted by molar-refractivity contribution is 8.00. The van der Waals surface area contributed by atoms with Gasteiger partial charge < -0.3 is 14.5 Å². The first-order chi connectivity index (χ1) is 14.6. The highest BCUT2D eigenvalue weighted by Crippen LogP contribution is 2.32. The van der Waals surface area contributed by atoms with Gasteiger partial charge in [-0.25, -0.2) is 0 Å². The molecule has 0 bridgehead atoms. The SMILES string of the molecule is Cc1oc(-c2ccc(C(F)(F)F)cc2)cc1CNc1ccc(CSC(C)(C)C=O)cc1. The van der Waals surface area contributed by atoms with E-state index in [0.29, 0.717) is 23.6 Å². The molecule has 3 nitrogen and oxygen atoms in total. The van der Waals surface area contributed by atoms with E-state index in [-0.39, 0.29) is 0 Å². The molecule has 1 aromatic heterocycles. The lowest BCUT2D eigenvalue weighted by atomic mass is 10.1. The van der Waals surface area contributed by atoms with Gasteiger partial charge in [0.15, 0.2) is 0 Å². The Balaban J connectivity index is 1.61. The van der Waals surface area contributed by atoms with E-state index in [1.54, 1.807) is 11.8 Å². The molecule has 1 heterocycles. The Kier molecular flexibility index (Phi) is 6.84. The molecule has 3 rings (SSSR count). The van der Waals surface area contributed by atoms with Gasteiger partial charge in [-0.2, -0.15) is 13.2 Å². The zero-order valence-electron chi connectivity index (χ0n) is 17.5. The Morgan fingerprint density at radius 3 is 2.26 bits per heavy atom. The number of carbonyl (C=O) groups is 1. The predicted octanol–water partition coefficient (Wildman–Crippen LogP) is 7.10. The third kappa shape index (κ3) is 6.17. The third-order valence-electron chi connectivity index (χ3n) is 4.85. The first-order valence-corrected chi connectivity index (χ1v) is 10.8. The molecule has 0 radical (unpaired) electrons. The highest BCUT2D eigenvalue weighted by Gasteiger charge is 2.30. The number of anilines is 1. The summed E-state index contributed by atoms with van der Waals surface area (Å²) in [6.07, 6.45) is -3.40. The molecule has 7 heteroatoms. The maximum absolute atomic E-state index is 12.7.